The van der Waals surface area contributed by atoms with Gasteiger partial charge in [0.15, 0.2) is 0 Å². The molecule has 4 rings (SSSR count). The highest BCUT2D eigenvalue weighted by molar-refractivity contribution is 5.89. The van der Waals surface area contributed by atoms with E-state index in [1.807, 2.05) is 9.80 Å². The number of hydrogen-bond donors (Lipinski definition) is 0. The smallest absolute Gasteiger partial charge is 0.228 e. The molecule has 2 amide bonds. The van der Waals surface area contributed by atoms with Crippen LogP contribution >= 0.6 is 0 Å². The van der Waals surface area contributed by atoms with Crippen LogP contribution in [0.2, 0.25) is 0 Å². The standard InChI is InChI=1S/C20H33N3O3/c24-19-14-16(15-23(19)18-6-12-26-13-7-18)20(25)22-10-8-21(9-11-22)17-4-2-1-3-5-17/h16-18H,1-15H2/t16-/m0/s1. The molecule has 26 heavy (non-hydrogen) atoms. The summed E-state index contributed by atoms with van der Waals surface area (Å²) in [7, 11) is 0. The quantitative estimate of drug-likeness (QED) is 0.762. The van der Waals surface area contributed by atoms with Gasteiger partial charge in [-0.1, -0.05) is 19.3 Å². The molecule has 0 N–H and O–H groups in total. The van der Waals surface area contributed by atoms with Gasteiger partial charge >= 0.3 is 0 Å². The van der Waals surface area contributed by atoms with Crippen molar-refractivity contribution in [3.8, 4) is 0 Å². The molecule has 0 aromatic carbocycles. The number of carbonyl (C=O) groups is 2. The maximum absolute atomic E-state index is 13.0. The minimum atomic E-state index is -0.133. The second-order valence-electron chi connectivity index (χ2n) is 8.44. The molecule has 6 nitrogen and oxygen atoms in total. The Labute approximate surface area is 156 Å². The first-order valence-corrected chi connectivity index (χ1v) is 10.6. The van der Waals surface area contributed by atoms with Gasteiger partial charge in [0.05, 0.1) is 5.92 Å². The molecule has 4 fully saturated rings. The van der Waals surface area contributed by atoms with Crippen LogP contribution in [0.25, 0.3) is 0 Å². The molecule has 3 aliphatic heterocycles. The second-order valence-corrected chi connectivity index (χ2v) is 8.44. The summed E-state index contributed by atoms with van der Waals surface area (Å²) in [5.74, 6) is 0.235. The summed E-state index contributed by atoms with van der Waals surface area (Å²) < 4.78 is 5.41. The predicted octanol–water partition coefficient (Wildman–Crippen LogP) is 1.49. The van der Waals surface area contributed by atoms with Gasteiger partial charge in [0.1, 0.15) is 0 Å². The number of hydrogen-bond acceptors (Lipinski definition) is 4. The Hall–Kier alpha value is -1.14. The molecule has 0 bridgehead atoms. The van der Waals surface area contributed by atoms with Crippen molar-refractivity contribution < 1.29 is 14.3 Å². The van der Waals surface area contributed by atoms with Gasteiger partial charge < -0.3 is 14.5 Å². The van der Waals surface area contributed by atoms with Crippen molar-refractivity contribution in [1.29, 1.82) is 0 Å². The van der Waals surface area contributed by atoms with Crippen LogP contribution in [0.4, 0.5) is 0 Å². The molecule has 3 heterocycles. The van der Waals surface area contributed by atoms with Crippen LogP contribution in [0.1, 0.15) is 51.4 Å². The Morgan fingerprint density at radius 3 is 2.27 bits per heavy atom. The van der Waals surface area contributed by atoms with Gasteiger partial charge in [0.25, 0.3) is 0 Å². The van der Waals surface area contributed by atoms with E-state index in [1.165, 1.54) is 32.1 Å². The Morgan fingerprint density at radius 2 is 1.58 bits per heavy atom. The minimum absolute atomic E-state index is 0.133. The third-order valence-electron chi connectivity index (χ3n) is 6.86. The maximum Gasteiger partial charge on any atom is 0.228 e. The van der Waals surface area contributed by atoms with E-state index >= 15 is 0 Å². The molecule has 146 valence electrons. The number of ether oxygens (including phenoxy) is 1. The van der Waals surface area contributed by atoms with E-state index in [2.05, 4.69) is 4.90 Å². The van der Waals surface area contributed by atoms with Crippen LogP contribution in [0.15, 0.2) is 0 Å². The van der Waals surface area contributed by atoms with Gasteiger partial charge in [-0.15, -0.1) is 0 Å². The SMILES string of the molecule is O=C([C@H]1CC(=O)N(C2CCOCC2)C1)N1CCN(C2CCCCC2)CC1. The molecular weight excluding hydrogens is 330 g/mol. The van der Waals surface area contributed by atoms with Gasteiger partial charge in [-0.3, -0.25) is 14.5 Å². The number of likely N-dealkylation sites (tertiary alicyclic amines) is 1. The summed E-state index contributed by atoms with van der Waals surface area (Å²) in [4.78, 5) is 32.0. The van der Waals surface area contributed by atoms with Crippen molar-refractivity contribution >= 4 is 11.8 Å². The fourth-order valence-corrected chi connectivity index (χ4v) is 5.26. The summed E-state index contributed by atoms with van der Waals surface area (Å²) in [6, 6.07) is 1.01. The lowest BCUT2D eigenvalue weighted by Gasteiger charge is -2.41. The van der Waals surface area contributed by atoms with E-state index in [0.29, 0.717) is 13.0 Å². The van der Waals surface area contributed by atoms with Crippen molar-refractivity contribution in [2.75, 3.05) is 45.9 Å². The number of nitrogens with zero attached hydrogens (tertiary/aromatic N) is 3. The molecule has 0 spiro atoms. The number of amides is 2. The fourth-order valence-electron chi connectivity index (χ4n) is 5.26. The molecule has 1 atom stereocenters. The van der Waals surface area contributed by atoms with E-state index in [-0.39, 0.29) is 23.8 Å². The molecule has 0 unspecified atom stereocenters. The van der Waals surface area contributed by atoms with Crippen molar-refractivity contribution in [3.05, 3.63) is 0 Å². The largest absolute Gasteiger partial charge is 0.381 e. The average Bonchev–Trinajstić information content (AvgIpc) is 3.10. The van der Waals surface area contributed by atoms with Crippen LogP contribution in [-0.4, -0.2) is 84.5 Å². The van der Waals surface area contributed by atoms with Crippen LogP contribution in [0.3, 0.4) is 0 Å². The van der Waals surface area contributed by atoms with Gasteiger partial charge in [-0.05, 0) is 25.7 Å². The second kappa shape index (κ2) is 8.26. The zero-order chi connectivity index (χ0) is 17.9. The molecule has 3 saturated heterocycles. The van der Waals surface area contributed by atoms with Gasteiger partial charge in [0, 0.05) is 64.4 Å². The van der Waals surface area contributed by atoms with Gasteiger partial charge in [-0.25, -0.2) is 0 Å². The molecule has 4 aliphatic rings. The molecule has 0 radical (unpaired) electrons. The highest BCUT2D eigenvalue weighted by atomic mass is 16.5. The molecule has 1 saturated carbocycles. The highest BCUT2D eigenvalue weighted by Gasteiger charge is 2.40. The van der Waals surface area contributed by atoms with Crippen LogP contribution in [0, 0.1) is 5.92 Å². The number of piperazine rings is 1. The zero-order valence-electron chi connectivity index (χ0n) is 15.9. The number of carbonyl (C=O) groups excluding carboxylic acids is 2. The van der Waals surface area contributed by atoms with Crippen LogP contribution < -0.4 is 0 Å². The van der Waals surface area contributed by atoms with Crippen molar-refractivity contribution in [2.45, 2.75) is 63.5 Å². The summed E-state index contributed by atoms with van der Waals surface area (Å²) in [6.07, 6.45) is 8.97. The maximum atomic E-state index is 13.0. The third-order valence-corrected chi connectivity index (χ3v) is 6.86. The summed E-state index contributed by atoms with van der Waals surface area (Å²) >= 11 is 0. The van der Waals surface area contributed by atoms with E-state index in [1.54, 1.807) is 0 Å². The van der Waals surface area contributed by atoms with E-state index in [4.69, 9.17) is 4.74 Å². The molecule has 6 heteroatoms. The van der Waals surface area contributed by atoms with E-state index in [9.17, 15) is 9.59 Å². The Morgan fingerprint density at radius 1 is 0.885 bits per heavy atom. The minimum Gasteiger partial charge on any atom is -0.381 e. The molecule has 0 aromatic heterocycles. The van der Waals surface area contributed by atoms with Gasteiger partial charge in [0.2, 0.25) is 11.8 Å². The lowest BCUT2D eigenvalue weighted by atomic mass is 9.93. The third kappa shape index (κ3) is 3.91. The fraction of sp³-hybridized carbons (Fsp3) is 0.900. The predicted molar refractivity (Wildman–Crippen MR) is 98.7 cm³/mol. The van der Waals surface area contributed by atoms with Crippen molar-refractivity contribution in [1.82, 2.24) is 14.7 Å². The van der Waals surface area contributed by atoms with Crippen molar-refractivity contribution in [2.24, 2.45) is 5.92 Å². The normalized spacial score (nSPS) is 30.2. The Kier molecular flexibility index (Phi) is 5.79. The first-order chi connectivity index (χ1) is 12.7. The summed E-state index contributed by atoms with van der Waals surface area (Å²) in [5.41, 5.74) is 0. The molecule has 1 aliphatic carbocycles. The molecular formula is C20H33N3O3. The lowest BCUT2D eigenvalue weighted by molar-refractivity contribution is -0.138. The summed E-state index contributed by atoms with van der Waals surface area (Å²) in [5, 5.41) is 0. The van der Waals surface area contributed by atoms with Crippen LogP contribution in [0.5, 0.6) is 0 Å². The first kappa shape index (κ1) is 18.2. The van der Waals surface area contributed by atoms with Crippen LogP contribution in [-0.2, 0) is 14.3 Å². The van der Waals surface area contributed by atoms with Gasteiger partial charge in [-0.2, -0.15) is 0 Å². The zero-order valence-corrected chi connectivity index (χ0v) is 15.9. The molecule has 0 aromatic rings. The number of rotatable bonds is 3. The van der Waals surface area contributed by atoms with E-state index < -0.39 is 0 Å². The highest BCUT2D eigenvalue weighted by Crippen LogP contribution is 2.27. The summed E-state index contributed by atoms with van der Waals surface area (Å²) in [6.45, 7) is 5.74. The first-order valence-electron chi connectivity index (χ1n) is 10.6. The topological polar surface area (TPSA) is 53.1 Å². The van der Waals surface area contributed by atoms with E-state index in [0.717, 1.165) is 58.3 Å². The monoisotopic (exact) mass is 363 g/mol. The Bertz CT molecular complexity index is 506. The lowest BCUT2D eigenvalue weighted by Crippen LogP contribution is -2.53. The average molecular weight is 364 g/mol. The Balaban J connectivity index is 1.27. The van der Waals surface area contributed by atoms with Crippen molar-refractivity contribution in [3.63, 3.8) is 0 Å².